The SMILES string of the molecule is CCOc1ccc(C)c2c1C(C)(C)C[C@H]2N. The zero-order chi connectivity index (χ0) is 11.9. The molecule has 2 heteroatoms. The molecule has 88 valence electrons. The lowest BCUT2D eigenvalue weighted by Crippen LogP contribution is -2.15. The molecule has 0 heterocycles. The van der Waals surface area contributed by atoms with Crippen LogP contribution in [0.2, 0.25) is 0 Å². The van der Waals surface area contributed by atoms with Gasteiger partial charge in [-0.25, -0.2) is 0 Å². The van der Waals surface area contributed by atoms with Crippen molar-refractivity contribution in [1.29, 1.82) is 0 Å². The van der Waals surface area contributed by atoms with Crippen LogP contribution in [-0.4, -0.2) is 6.61 Å². The Morgan fingerprint density at radius 1 is 1.44 bits per heavy atom. The minimum Gasteiger partial charge on any atom is -0.494 e. The Labute approximate surface area is 97.8 Å². The van der Waals surface area contributed by atoms with Gasteiger partial charge in [0.05, 0.1) is 6.61 Å². The van der Waals surface area contributed by atoms with Crippen LogP contribution < -0.4 is 10.5 Å². The standard InChI is InChI=1S/C14H21NO/c1-5-16-11-7-6-9(2)12-10(15)8-14(3,4)13(11)12/h6-7,10H,5,8,15H2,1-4H3/t10-/m1/s1. The maximum atomic E-state index is 6.23. The summed E-state index contributed by atoms with van der Waals surface area (Å²) in [4.78, 5) is 0. The predicted octanol–water partition coefficient (Wildman–Crippen LogP) is 3.07. The largest absolute Gasteiger partial charge is 0.494 e. The second-order valence-corrected chi connectivity index (χ2v) is 5.30. The van der Waals surface area contributed by atoms with Crippen molar-refractivity contribution in [2.45, 2.75) is 45.6 Å². The Hall–Kier alpha value is -1.02. The first kappa shape index (κ1) is 11.5. The van der Waals surface area contributed by atoms with Gasteiger partial charge in [-0.1, -0.05) is 19.9 Å². The van der Waals surface area contributed by atoms with E-state index in [2.05, 4.69) is 32.9 Å². The molecule has 0 aromatic heterocycles. The van der Waals surface area contributed by atoms with Crippen LogP contribution in [0, 0.1) is 6.92 Å². The highest BCUT2D eigenvalue weighted by Gasteiger charge is 2.38. The first-order valence-electron chi connectivity index (χ1n) is 5.99. The van der Waals surface area contributed by atoms with Gasteiger partial charge in [-0.05, 0) is 42.9 Å². The van der Waals surface area contributed by atoms with Gasteiger partial charge in [0.25, 0.3) is 0 Å². The molecule has 1 aromatic rings. The molecule has 0 radical (unpaired) electrons. The Morgan fingerprint density at radius 2 is 2.12 bits per heavy atom. The minimum absolute atomic E-state index is 0.130. The van der Waals surface area contributed by atoms with Crippen molar-refractivity contribution in [3.8, 4) is 5.75 Å². The summed E-state index contributed by atoms with van der Waals surface area (Å²) < 4.78 is 5.73. The number of benzene rings is 1. The Kier molecular flexibility index (Phi) is 2.70. The highest BCUT2D eigenvalue weighted by molar-refractivity contribution is 5.53. The second-order valence-electron chi connectivity index (χ2n) is 5.30. The van der Waals surface area contributed by atoms with Gasteiger partial charge in [0.1, 0.15) is 5.75 Å². The molecule has 1 aromatic carbocycles. The fourth-order valence-electron chi connectivity index (χ4n) is 2.91. The van der Waals surface area contributed by atoms with Crippen molar-refractivity contribution < 1.29 is 4.74 Å². The van der Waals surface area contributed by atoms with E-state index in [0.29, 0.717) is 6.61 Å². The first-order chi connectivity index (χ1) is 7.47. The van der Waals surface area contributed by atoms with Gasteiger partial charge in [-0.3, -0.25) is 0 Å². The van der Waals surface area contributed by atoms with Crippen LogP contribution in [0.1, 0.15) is 49.9 Å². The fourth-order valence-corrected chi connectivity index (χ4v) is 2.91. The van der Waals surface area contributed by atoms with E-state index in [1.165, 1.54) is 16.7 Å². The van der Waals surface area contributed by atoms with Crippen LogP contribution in [0.25, 0.3) is 0 Å². The number of ether oxygens (including phenoxy) is 1. The fraction of sp³-hybridized carbons (Fsp3) is 0.571. The third-order valence-corrected chi connectivity index (χ3v) is 3.50. The number of nitrogens with two attached hydrogens (primary N) is 1. The third kappa shape index (κ3) is 1.61. The molecular formula is C14H21NO. The highest BCUT2D eigenvalue weighted by Crippen LogP contribution is 2.49. The van der Waals surface area contributed by atoms with Crippen molar-refractivity contribution in [2.24, 2.45) is 5.73 Å². The van der Waals surface area contributed by atoms with Crippen molar-refractivity contribution in [1.82, 2.24) is 0 Å². The summed E-state index contributed by atoms with van der Waals surface area (Å²) in [6.45, 7) is 9.37. The molecule has 2 rings (SSSR count). The maximum Gasteiger partial charge on any atom is 0.123 e. The van der Waals surface area contributed by atoms with Crippen molar-refractivity contribution >= 4 is 0 Å². The van der Waals surface area contributed by atoms with E-state index in [4.69, 9.17) is 10.5 Å². The monoisotopic (exact) mass is 219 g/mol. The molecule has 0 aliphatic heterocycles. The van der Waals surface area contributed by atoms with Gasteiger partial charge in [0, 0.05) is 11.6 Å². The Bertz CT molecular complexity index is 409. The van der Waals surface area contributed by atoms with E-state index < -0.39 is 0 Å². The van der Waals surface area contributed by atoms with E-state index in [-0.39, 0.29) is 11.5 Å². The Balaban J connectivity index is 2.62. The van der Waals surface area contributed by atoms with Crippen LogP contribution in [0.15, 0.2) is 12.1 Å². The number of hydrogen-bond acceptors (Lipinski definition) is 2. The number of fused-ring (bicyclic) bond motifs is 1. The summed E-state index contributed by atoms with van der Waals surface area (Å²) in [5.74, 6) is 1.01. The van der Waals surface area contributed by atoms with Crippen LogP contribution in [-0.2, 0) is 5.41 Å². The molecule has 0 saturated carbocycles. The number of aryl methyl sites for hydroxylation is 1. The maximum absolute atomic E-state index is 6.23. The van der Waals surface area contributed by atoms with Gasteiger partial charge in [-0.15, -0.1) is 0 Å². The molecule has 0 saturated heterocycles. The number of rotatable bonds is 2. The van der Waals surface area contributed by atoms with E-state index >= 15 is 0 Å². The molecule has 1 aliphatic carbocycles. The normalized spacial score (nSPS) is 21.9. The van der Waals surface area contributed by atoms with Crippen LogP contribution in [0.5, 0.6) is 5.75 Å². The molecule has 16 heavy (non-hydrogen) atoms. The molecular weight excluding hydrogens is 198 g/mol. The Morgan fingerprint density at radius 3 is 2.75 bits per heavy atom. The lowest BCUT2D eigenvalue weighted by molar-refractivity contribution is 0.328. The number of hydrogen-bond donors (Lipinski definition) is 1. The van der Waals surface area contributed by atoms with Gasteiger partial charge in [-0.2, -0.15) is 0 Å². The van der Waals surface area contributed by atoms with Gasteiger partial charge < -0.3 is 10.5 Å². The predicted molar refractivity (Wildman–Crippen MR) is 66.9 cm³/mol. The van der Waals surface area contributed by atoms with Crippen LogP contribution in [0.3, 0.4) is 0 Å². The molecule has 2 nitrogen and oxygen atoms in total. The summed E-state index contributed by atoms with van der Waals surface area (Å²) in [7, 11) is 0. The molecule has 0 fully saturated rings. The molecule has 0 bridgehead atoms. The minimum atomic E-state index is 0.130. The average Bonchev–Trinajstić information content (AvgIpc) is 2.43. The van der Waals surface area contributed by atoms with Crippen LogP contribution >= 0.6 is 0 Å². The first-order valence-corrected chi connectivity index (χ1v) is 5.99. The van der Waals surface area contributed by atoms with E-state index in [9.17, 15) is 0 Å². The van der Waals surface area contributed by atoms with Crippen molar-refractivity contribution in [3.05, 3.63) is 28.8 Å². The van der Waals surface area contributed by atoms with Crippen LogP contribution in [0.4, 0.5) is 0 Å². The topological polar surface area (TPSA) is 35.2 Å². The summed E-state index contributed by atoms with van der Waals surface area (Å²) >= 11 is 0. The van der Waals surface area contributed by atoms with Gasteiger partial charge >= 0.3 is 0 Å². The molecule has 1 atom stereocenters. The highest BCUT2D eigenvalue weighted by atomic mass is 16.5. The summed E-state index contributed by atoms with van der Waals surface area (Å²) in [5, 5.41) is 0. The molecule has 2 N–H and O–H groups in total. The van der Waals surface area contributed by atoms with E-state index in [0.717, 1.165) is 12.2 Å². The van der Waals surface area contributed by atoms with Gasteiger partial charge in [0.2, 0.25) is 0 Å². The van der Waals surface area contributed by atoms with E-state index in [1.54, 1.807) is 0 Å². The lowest BCUT2D eigenvalue weighted by atomic mass is 9.85. The van der Waals surface area contributed by atoms with Crippen molar-refractivity contribution in [2.75, 3.05) is 6.61 Å². The van der Waals surface area contributed by atoms with Crippen molar-refractivity contribution in [3.63, 3.8) is 0 Å². The van der Waals surface area contributed by atoms with Gasteiger partial charge in [0.15, 0.2) is 0 Å². The molecule has 1 aliphatic rings. The zero-order valence-electron chi connectivity index (χ0n) is 10.6. The average molecular weight is 219 g/mol. The zero-order valence-corrected chi connectivity index (χ0v) is 10.6. The quantitative estimate of drug-likeness (QED) is 0.829. The molecule has 0 amide bonds. The molecule has 0 spiro atoms. The summed E-state index contributed by atoms with van der Waals surface area (Å²) in [6.07, 6.45) is 1.01. The summed E-state index contributed by atoms with van der Waals surface area (Å²) in [6, 6.07) is 4.35. The van der Waals surface area contributed by atoms with E-state index in [1.807, 2.05) is 6.92 Å². The smallest absolute Gasteiger partial charge is 0.123 e. The second kappa shape index (κ2) is 3.77. The lowest BCUT2D eigenvalue weighted by Gasteiger charge is -2.22. The third-order valence-electron chi connectivity index (χ3n) is 3.50. The summed E-state index contributed by atoms with van der Waals surface area (Å²) in [5.41, 5.74) is 10.3. The molecule has 0 unspecified atom stereocenters.